The van der Waals surface area contributed by atoms with E-state index in [1.54, 1.807) is 31.5 Å². The van der Waals surface area contributed by atoms with Gasteiger partial charge in [0, 0.05) is 23.9 Å². The average Bonchev–Trinajstić information content (AvgIpc) is 2.71. The Labute approximate surface area is 184 Å². The molecule has 0 radical (unpaired) electrons. The number of ketones is 1. The summed E-state index contributed by atoms with van der Waals surface area (Å²) in [5.41, 5.74) is 3.46. The number of nitrogens with one attached hydrogen (secondary N) is 2. The van der Waals surface area contributed by atoms with Gasteiger partial charge in [0.15, 0.2) is 0 Å². The second kappa shape index (κ2) is 11.8. The topological polar surface area (TPSA) is 101 Å². The van der Waals surface area contributed by atoms with Gasteiger partial charge in [-0.1, -0.05) is 40.0 Å². The summed E-state index contributed by atoms with van der Waals surface area (Å²) in [5.74, 6) is -1.70. The number of halogens is 1. The van der Waals surface area contributed by atoms with Crippen LogP contribution in [0.4, 0.5) is 0 Å². The first-order valence-corrected chi connectivity index (χ1v) is 10.3. The lowest BCUT2D eigenvalue weighted by atomic mass is 9.85. The van der Waals surface area contributed by atoms with Gasteiger partial charge in [0.1, 0.15) is 0 Å². The van der Waals surface area contributed by atoms with Gasteiger partial charge < -0.3 is 5.32 Å². The van der Waals surface area contributed by atoms with Crippen LogP contribution in [0.5, 0.6) is 0 Å². The van der Waals surface area contributed by atoms with Crippen molar-refractivity contribution in [3.63, 3.8) is 0 Å². The zero-order chi connectivity index (χ0) is 21.4. The molecule has 1 unspecified atom stereocenters. The van der Waals surface area contributed by atoms with Crippen molar-refractivity contribution in [3.05, 3.63) is 30.1 Å². The summed E-state index contributed by atoms with van der Waals surface area (Å²) >= 11 is 0. The molecule has 1 aliphatic carbocycles. The van der Waals surface area contributed by atoms with Crippen LogP contribution >= 0.6 is 12.4 Å². The monoisotopic (exact) mass is 436 g/mol. The van der Waals surface area contributed by atoms with Gasteiger partial charge >= 0.3 is 5.91 Å². The Balaban J connectivity index is 0.00000450. The Morgan fingerprint density at radius 3 is 2.30 bits per heavy atom. The predicted molar refractivity (Wildman–Crippen MR) is 119 cm³/mol. The van der Waals surface area contributed by atoms with Crippen LogP contribution in [0.15, 0.2) is 29.6 Å². The number of aromatic nitrogens is 1. The molecule has 8 heteroatoms. The second-order valence-electron chi connectivity index (χ2n) is 8.90. The van der Waals surface area contributed by atoms with Crippen molar-refractivity contribution in [1.82, 2.24) is 15.7 Å². The number of Topliss-reactive ketones (excluding diaryl/α,β-unsaturated/α-hetero) is 1. The number of amides is 2. The minimum Gasteiger partial charge on any atom is -0.345 e. The van der Waals surface area contributed by atoms with E-state index in [1.807, 2.05) is 20.8 Å². The molecule has 30 heavy (non-hydrogen) atoms. The molecule has 2 rings (SSSR count). The normalized spacial score (nSPS) is 16.2. The molecule has 1 aromatic heterocycles. The van der Waals surface area contributed by atoms with Crippen molar-refractivity contribution < 1.29 is 14.4 Å². The molecule has 0 saturated heterocycles. The number of hydrogen-bond acceptors (Lipinski definition) is 5. The van der Waals surface area contributed by atoms with Crippen LogP contribution in [0.1, 0.15) is 71.8 Å². The van der Waals surface area contributed by atoms with Crippen molar-refractivity contribution in [3.8, 4) is 0 Å². The highest BCUT2D eigenvalue weighted by Crippen LogP contribution is 2.25. The van der Waals surface area contributed by atoms with Gasteiger partial charge in [-0.15, -0.1) is 12.4 Å². The van der Waals surface area contributed by atoms with E-state index in [0.29, 0.717) is 12.1 Å². The third-order valence-electron chi connectivity index (χ3n) is 5.07. The van der Waals surface area contributed by atoms with E-state index in [0.717, 1.165) is 37.7 Å². The Hall–Kier alpha value is -2.28. The third kappa shape index (κ3) is 8.22. The Kier molecular flexibility index (Phi) is 10.1. The fraction of sp³-hybridized carbons (Fsp3) is 0.591. The number of hydrogen-bond donors (Lipinski definition) is 2. The molecule has 2 N–H and O–H groups in total. The van der Waals surface area contributed by atoms with E-state index < -0.39 is 17.7 Å². The zero-order valence-corrected chi connectivity index (χ0v) is 19.1. The summed E-state index contributed by atoms with van der Waals surface area (Å²) in [4.78, 5) is 41.8. The van der Waals surface area contributed by atoms with Crippen LogP contribution in [-0.2, 0) is 14.4 Å². The second-order valence-corrected chi connectivity index (χ2v) is 8.90. The average molecular weight is 437 g/mol. The van der Waals surface area contributed by atoms with Crippen LogP contribution in [-0.4, -0.2) is 34.3 Å². The first kappa shape index (κ1) is 25.8. The van der Waals surface area contributed by atoms with E-state index in [2.05, 4.69) is 20.8 Å². The van der Waals surface area contributed by atoms with Gasteiger partial charge in [-0.3, -0.25) is 19.4 Å². The van der Waals surface area contributed by atoms with Crippen LogP contribution in [0.2, 0.25) is 0 Å². The molecule has 166 valence electrons. The number of carbonyl (C=O) groups is 3. The van der Waals surface area contributed by atoms with Crippen LogP contribution in [0, 0.1) is 11.3 Å². The highest BCUT2D eigenvalue weighted by molar-refractivity contribution is 6.38. The summed E-state index contributed by atoms with van der Waals surface area (Å²) in [6.07, 6.45) is 8.51. The minimum absolute atomic E-state index is 0. The van der Waals surface area contributed by atoms with E-state index in [-0.39, 0.29) is 29.6 Å². The van der Waals surface area contributed by atoms with Gasteiger partial charge in [-0.25, -0.2) is 5.43 Å². The lowest BCUT2D eigenvalue weighted by molar-refractivity contribution is -0.141. The largest absolute Gasteiger partial charge is 0.345 e. The van der Waals surface area contributed by atoms with Gasteiger partial charge in [0.25, 0.3) is 0 Å². The third-order valence-corrected chi connectivity index (χ3v) is 5.07. The lowest BCUT2D eigenvalue weighted by Crippen LogP contribution is -2.50. The first-order valence-electron chi connectivity index (χ1n) is 10.3. The molecule has 0 spiro atoms. The molecule has 1 heterocycles. The van der Waals surface area contributed by atoms with Crippen LogP contribution < -0.4 is 10.7 Å². The Morgan fingerprint density at radius 1 is 1.13 bits per heavy atom. The number of nitrogens with zero attached hydrogens (tertiary/aromatic N) is 2. The smallest absolute Gasteiger partial charge is 0.309 e. The molecule has 2 amide bonds. The number of rotatable bonds is 7. The van der Waals surface area contributed by atoms with Gasteiger partial charge in [0.2, 0.25) is 11.7 Å². The molecule has 1 saturated carbocycles. The van der Waals surface area contributed by atoms with Gasteiger partial charge in [-0.2, -0.15) is 5.10 Å². The molecule has 1 aromatic rings. The standard InChI is InChI=1S/C22H32N4O3.ClH/c1-15(16-10-12-23-13-11-16)25-26-21(29)19(27)18(14-22(2,3)4)24-20(28)17-8-6-5-7-9-17;/h10-13,17-18H,5-9,14H2,1-4H3,(H,24,28)(H,26,29);1H. The van der Waals surface area contributed by atoms with Crippen molar-refractivity contribution in [1.29, 1.82) is 0 Å². The highest BCUT2D eigenvalue weighted by Gasteiger charge is 2.33. The number of carbonyl (C=O) groups excluding carboxylic acids is 3. The van der Waals surface area contributed by atoms with E-state index in [9.17, 15) is 14.4 Å². The Morgan fingerprint density at radius 2 is 1.73 bits per heavy atom. The summed E-state index contributed by atoms with van der Waals surface area (Å²) in [5, 5.41) is 6.86. The summed E-state index contributed by atoms with van der Waals surface area (Å²) in [6, 6.07) is 2.67. The minimum atomic E-state index is -0.860. The maximum Gasteiger partial charge on any atom is 0.309 e. The van der Waals surface area contributed by atoms with Gasteiger partial charge in [-0.05, 0) is 43.7 Å². The van der Waals surface area contributed by atoms with Crippen LogP contribution in [0.3, 0.4) is 0 Å². The highest BCUT2D eigenvalue weighted by atomic mass is 35.5. The molecule has 0 aromatic carbocycles. The summed E-state index contributed by atoms with van der Waals surface area (Å²) in [7, 11) is 0. The number of pyridine rings is 1. The van der Waals surface area contributed by atoms with E-state index in [4.69, 9.17) is 0 Å². The molecular weight excluding hydrogens is 404 g/mol. The Bertz CT molecular complexity index is 753. The fourth-order valence-corrected chi connectivity index (χ4v) is 3.48. The van der Waals surface area contributed by atoms with Crippen molar-refractivity contribution in [2.24, 2.45) is 16.4 Å². The zero-order valence-electron chi connectivity index (χ0n) is 18.2. The van der Waals surface area contributed by atoms with Gasteiger partial charge in [0.05, 0.1) is 11.8 Å². The maximum atomic E-state index is 12.8. The molecule has 0 aliphatic heterocycles. The molecule has 1 fully saturated rings. The predicted octanol–water partition coefficient (Wildman–Crippen LogP) is 3.41. The summed E-state index contributed by atoms with van der Waals surface area (Å²) in [6.45, 7) is 7.66. The fourth-order valence-electron chi connectivity index (χ4n) is 3.48. The molecule has 1 atom stereocenters. The first-order chi connectivity index (χ1) is 13.7. The molecule has 1 aliphatic rings. The maximum absolute atomic E-state index is 12.8. The molecular formula is C22H33ClN4O3. The number of hydrazone groups is 1. The lowest BCUT2D eigenvalue weighted by Gasteiger charge is -2.28. The van der Waals surface area contributed by atoms with Crippen molar-refractivity contribution in [2.75, 3.05) is 0 Å². The van der Waals surface area contributed by atoms with Crippen molar-refractivity contribution >= 4 is 35.7 Å². The SMILES string of the molecule is CC(=NNC(=O)C(=O)C(CC(C)(C)C)NC(=O)C1CCCCC1)c1ccncc1.Cl. The van der Waals surface area contributed by atoms with E-state index in [1.165, 1.54) is 0 Å². The van der Waals surface area contributed by atoms with Crippen molar-refractivity contribution in [2.45, 2.75) is 72.3 Å². The van der Waals surface area contributed by atoms with E-state index >= 15 is 0 Å². The molecule has 0 bridgehead atoms. The quantitative estimate of drug-likeness (QED) is 0.388. The summed E-state index contributed by atoms with van der Waals surface area (Å²) < 4.78 is 0. The molecule has 7 nitrogen and oxygen atoms in total. The van der Waals surface area contributed by atoms with Crippen LogP contribution in [0.25, 0.3) is 0 Å².